The molecule has 0 heterocycles. The third-order valence-corrected chi connectivity index (χ3v) is 4.70. The highest BCUT2D eigenvalue weighted by Gasteiger charge is 2.36. The normalized spacial score (nSPS) is 12.4. The Bertz CT molecular complexity index is 776. The minimum atomic E-state index is -1.25. The lowest BCUT2D eigenvalue weighted by Gasteiger charge is -2.25. The highest BCUT2D eigenvalue weighted by atomic mass is 35.5. The molecule has 0 fully saturated rings. The maximum Gasteiger partial charge on any atom is 0.239 e. The Balaban J connectivity index is 2.06. The summed E-state index contributed by atoms with van der Waals surface area (Å²) in [5, 5.41) is 6.31. The molecule has 0 spiro atoms. The van der Waals surface area contributed by atoms with Crippen molar-refractivity contribution >= 4 is 40.7 Å². The van der Waals surface area contributed by atoms with E-state index in [2.05, 4.69) is 10.6 Å². The van der Waals surface area contributed by atoms with Crippen LogP contribution in [0.3, 0.4) is 0 Å². The summed E-state index contributed by atoms with van der Waals surface area (Å²) in [6.07, 6.45) is 0. The molecule has 2 N–H and O–H groups in total. The summed E-state index contributed by atoms with van der Waals surface area (Å²) in [5.41, 5.74) is 0.197. The molecule has 2 rings (SSSR count). The van der Waals surface area contributed by atoms with Gasteiger partial charge in [-0.2, -0.15) is 0 Å². The van der Waals surface area contributed by atoms with Gasteiger partial charge in [0.1, 0.15) is 5.41 Å². The number of hydrogen-bond acceptors (Lipinski definition) is 2. The van der Waals surface area contributed by atoms with Crippen LogP contribution in [0.4, 0.5) is 5.69 Å². The van der Waals surface area contributed by atoms with Crippen LogP contribution in [-0.2, 0) is 9.59 Å². The van der Waals surface area contributed by atoms with Crippen LogP contribution in [-0.4, -0.2) is 11.8 Å². The molecule has 0 aliphatic heterocycles. The zero-order valence-electron chi connectivity index (χ0n) is 14.3. The lowest BCUT2D eigenvalue weighted by molar-refractivity contribution is -0.138. The zero-order valence-corrected chi connectivity index (χ0v) is 15.8. The molecule has 0 aliphatic carbocycles. The molecule has 0 radical (unpaired) electrons. The van der Waals surface area contributed by atoms with Crippen molar-refractivity contribution in [3.8, 4) is 0 Å². The first-order valence-corrected chi connectivity index (χ1v) is 8.60. The SMILES string of the molecule is CC(NC(=O)C(C)(C)C(=O)Nc1ccc(Cl)c(Cl)c1)c1ccccc1. The second kappa shape index (κ2) is 7.89. The van der Waals surface area contributed by atoms with Crippen molar-refractivity contribution in [2.45, 2.75) is 26.8 Å². The molecule has 0 saturated carbocycles. The van der Waals surface area contributed by atoms with E-state index in [9.17, 15) is 9.59 Å². The molecule has 6 heteroatoms. The first-order valence-electron chi connectivity index (χ1n) is 7.84. The quantitative estimate of drug-likeness (QED) is 0.731. The third-order valence-electron chi connectivity index (χ3n) is 3.96. The van der Waals surface area contributed by atoms with Gasteiger partial charge in [0.15, 0.2) is 0 Å². The lowest BCUT2D eigenvalue weighted by atomic mass is 9.90. The topological polar surface area (TPSA) is 58.2 Å². The largest absolute Gasteiger partial charge is 0.349 e. The van der Waals surface area contributed by atoms with Crippen LogP contribution < -0.4 is 10.6 Å². The predicted octanol–water partition coefficient (Wildman–Crippen LogP) is 4.84. The van der Waals surface area contributed by atoms with Crippen molar-refractivity contribution < 1.29 is 9.59 Å². The van der Waals surface area contributed by atoms with Crippen LogP contribution in [0.15, 0.2) is 48.5 Å². The molecule has 25 heavy (non-hydrogen) atoms. The van der Waals surface area contributed by atoms with Crippen molar-refractivity contribution in [3.05, 3.63) is 64.1 Å². The van der Waals surface area contributed by atoms with Gasteiger partial charge in [0.05, 0.1) is 16.1 Å². The molecule has 2 amide bonds. The van der Waals surface area contributed by atoms with E-state index >= 15 is 0 Å². The van der Waals surface area contributed by atoms with E-state index in [1.54, 1.807) is 32.0 Å². The molecule has 0 aliphatic rings. The second-order valence-electron chi connectivity index (χ2n) is 6.31. The van der Waals surface area contributed by atoms with Crippen LogP contribution >= 0.6 is 23.2 Å². The van der Waals surface area contributed by atoms with Gasteiger partial charge in [0.25, 0.3) is 0 Å². The first kappa shape index (κ1) is 19.3. The van der Waals surface area contributed by atoms with Crippen LogP contribution in [0.5, 0.6) is 0 Å². The van der Waals surface area contributed by atoms with Crippen molar-refractivity contribution in [2.75, 3.05) is 5.32 Å². The van der Waals surface area contributed by atoms with E-state index in [1.165, 1.54) is 0 Å². The van der Waals surface area contributed by atoms with Crippen molar-refractivity contribution in [1.29, 1.82) is 0 Å². The molecule has 2 aromatic carbocycles. The zero-order chi connectivity index (χ0) is 18.6. The average molecular weight is 379 g/mol. The summed E-state index contributed by atoms with van der Waals surface area (Å²) in [4.78, 5) is 25.1. The molecule has 0 saturated heterocycles. The van der Waals surface area contributed by atoms with Gasteiger partial charge in [-0.3, -0.25) is 9.59 Å². The van der Waals surface area contributed by atoms with Gasteiger partial charge in [-0.05, 0) is 44.5 Å². The highest BCUT2D eigenvalue weighted by molar-refractivity contribution is 6.42. The van der Waals surface area contributed by atoms with Gasteiger partial charge in [0.2, 0.25) is 11.8 Å². The van der Waals surface area contributed by atoms with Gasteiger partial charge in [-0.25, -0.2) is 0 Å². The number of hydrogen-bond donors (Lipinski definition) is 2. The number of carbonyl (C=O) groups excluding carboxylic acids is 2. The number of nitrogens with one attached hydrogen (secondary N) is 2. The fraction of sp³-hybridized carbons (Fsp3) is 0.263. The van der Waals surface area contributed by atoms with Crippen LogP contribution in [0, 0.1) is 5.41 Å². The molecule has 1 unspecified atom stereocenters. The minimum Gasteiger partial charge on any atom is -0.349 e. The third kappa shape index (κ3) is 4.74. The van der Waals surface area contributed by atoms with E-state index in [0.29, 0.717) is 15.7 Å². The Morgan fingerprint density at radius 1 is 0.960 bits per heavy atom. The Morgan fingerprint density at radius 2 is 1.60 bits per heavy atom. The lowest BCUT2D eigenvalue weighted by Crippen LogP contribution is -2.45. The molecule has 0 bridgehead atoms. The van der Waals surface area contributed by atoms with Gasteiger partial charge in [0, 0.05) is 5.69 Å². The Hall–Kier alpha value is -2.04. The smallest absolute Gasteiger partial charge is 0.239 e. The monoisotopic (exact) mass is 378 g/mol. The Labute approximate surface area is 157 Å². The molecule has 1 atom stereocenters. The fourth-order valence-corrected chi connectivity index (χ4v) is 2.46. The van der Waals surface area contributed by atoms with E-state index in [4.69, 9.17) is 23.2 Å². The summed E-state index contributed by atoms with van der Waals surface area (Å²) in [6.45, 7) is 5.03. The summed E-state index contributed by atoms with van der Waals surface area (Å²) >= 11 is 11.8. The van der Waals surface area contributed by atoms with E-state index in [0.717, 1.165) is 5.56 Å². The standard InChI is InChI=1S/C19H20Cl2N2O2/c1-12(13-7-5-4-6-8-13)22-17(24)19(2,3)18(25)23-14-9-10-15(20)16(21)11-14/h4-12H,1-3H3,(H,22,24)(H,23,25). The first-order chi connectivity index (χ1) is 11.7. The molecule has 4 nitrogen and oxygen atoms in total. The van der Waals surface area contributed by atoms with Crippen molar-refractivity contribution in [1.82, 2.24) is 5.32 Å². The average Bonchev–Trinajstić information content (AvgIpc) is 2.58. The minimum absolute atomic E-state index is 0.203. The summed E-state index contributed by atoms with van der Waals surface area (Å²) in [5.74, 6) is -0.787. The maximum atomic E-state index is 12.6. The van der Waals surface area contributed by atoms with Gasteiger partial charge in [-0.15, -0.1) is 0 Å². The Kier molecular flexibility index (Phi) is 6.09. The van der Waals surface area contributed by atoms with Gasteiger partial charge >= 0.3 is 0 Å². The summed E-state index contributed by atoms with van der Waals surface area (Å²) in [7, 11) is 0. The molecule has 0 aromatic heterocycles. The summed E-state index contributed by atoms with van der Waals surface area (Å²) < 4.78 is 0. The van der Waals surface area contributed by atoms with E-state index in [-0.39, 0.29) is 11.9 Å². The maximum absolute atomic E-state index is 12.6. The van der Waals surface area contributed by atoms with E-state index < -0.39 is 11.3 Å². The number of halogens is 2. The van der Waals surface area contributed by atoms with Crippen molar-refractivity contribution in [3.63, 3.8) is 0 Å². The number of amides is 2. The fourth-order valence-electron chi connectivity index (χ4n) is 2.17. The molecule has 132 valence electrons. The molecular weight excluding hydrogens is 359 g/mol. The Morgan fingerprint density at radius 3 is 2.20 bits per heavy atom. The number of anilines is 1. The van der Waals surface area contributed by atoms with Gasteiger partial charge < -0.3 is 10.6 Å². The van der Waals surface area contributed by atoms with Crippen molar-refractivity contribution in [2.24, 2.45) is 5.41 Å². The number of carbonyl (C=O) groups is 2. The molecule has 2 aromatic rings. The van der Waals surface area contributed by atoms with Gasteiger partial charge in [-0.1, -0.05) is 53.5 Å². The van der Waals surface area contributed by atoms with Crippen LogP contribution in [0.1, 0.15) is 32.4 Å². The summed E-state index contributed by atoms with van der Waals surface area (Å²) in [6, 6.07) is 14.1. The highest BCUT2D eigenvalue weighted by Crippen LogP contribution is 2.27. The number of rotatable bonds is 5. The van der Waals surface area contributed by atoms with Crippen LogP contribution in [0.25, 0.3) is 0 Å². The number of benzene rings is 2. The molecular formula is C19H20Cl2N2O2. The van der Waals surface area contributed by atoms with Crippen LogP contribution in [0.2, 0.25) is 10.0 Å². The second-order valence-corrected chi connectivity index (χ2v) is 7.13. The predicted molar refractivity (Wildman–Crippen MR) is 102 cm³/mol. The van der Waals surface area contributed by atoms with E-state index in [1.807, 2.05) is 37.3 Å².